The lowest BCUT2D eigenvalue weighted by Gasteiger charge is -2.27. The average molecular weight is 914 g/mol. The van der Waals surface area contributed by atoms with Gasteiger partial charge in [0.25, 0.3) is 0 Å². The maximum atomic E-state index is 5.24. The summed E-state index contributed by atoms with van der Waals surface area (Å²) < 4.78 is 4.90. The first-order valence-electron chi connectivity index (χ1n) is 24.8. The average Bonchev–Trinajstić information content (AvgIpc) is 3.93. The van der Waals surface area contributed by atoms with E-state index in [1.165, 1.54) is 54.8 Å². The minimum absolute atomic E-state index is 0.144. The van der Waals surface area contributed by atoms with E-state index in [1.807, 2.05) is 0 Å². The minimum Gasteiger partial charge on any atom is -0.361 e. The van der Waals surface area contributed by atoms with Crippen LogP contribution < -0.4 is 10.2 Å². The summed E-state index contributed by atoms with van der Waals surface area (Å²) in [5.41, 5.74) is 19.6. The van der Waals surface area contributed by atoms with E-state index >= 15 is 0 Å². The quantitative estimate of drug-likeness (QED) is 0.173. The summed E-state index contributed by atoms with van der Waals surface area (Å²) in [6.45, 7) is 2.24. The largest absolute Gasteiger partial charge is 0.361 e. The number of fused-ring (bicyclic) bond motifs is 10. The molecule has 0 spiro atoms. The molecule has 340 valence electrons. The Kier molecular flexibility index (Phi) is 10.6. The molecule has 0 aliphatic carbocycles. The van der Waals surface area contributed by atoms with Crippen molar-refractivity contribution in [2.45, 2.75) is 32.1 Å². The van der Waals surface area contributed by atoms with E-state index in [1.54, 1.807) is 0 Å². The van der Waals surface area contributed by atoms with Crippen molar-refractivity contribution in [3.05, 3.63) is 260 Å². The Balaban J connectivity index is 0.958. The molecule has 0 fully saturated rings. The van der Waals surface area contributed by atoms with Gasteiger partial charge in [-0.05, 0) is 134 Å². The summed E-state index contributed by atoms with van der Waals surface area (Å²) in [6.07, 6.45) is 7.52. The highest BCUT2D eigenvalue weighted by Gasteiger charge is 2.23. The number of allylic oxidation sites excluding steroid dienone is 1. The normalized spacial score (nSPS) is 14.2. The fourth-order valence-corrected chi connectivity index (χ4v) is 11.2. The number of hydrogen-bond donors (Lipinski definition) is 1. The topological polar surface area (TPSA) is 38.0 Å². The number of para-hydroxylation sites is 4. The molecule has 71 heavy (non-hydrogen) atoms. The van der Waals surface area contributed by atoms with Crippen LogP contribution in [0.2, 0.25) is 0 Å². The predicted octanol–water partition coefficient (Wildman–Crippen LogP) is 17.4. The SMILES string of the molecule is Cc1cc2c(cc1N(c1ccccc1)c1ccccc1)c1ccccc1n2-c1cccc(-n2c3ccccc3c3c4c(ccc32)-c2ccccc2CCCC(c2cccc(-c3ccccc3)n2)/C=C/N4)c1. The summed E-state index contributed by atoms with van der Waals surface area (Å²) in [7, 11) is 0. The molecule has 0 saturated carbocycles. The minimum atomic E-state index is 0.144. The number of pyridine rings is 1. The molecular formula is C66H51N5. The summed E-state index contributed by atoms with van der Waals surface area (Å²) in [5.74, 6) is 0.144. The highest BCUT2D eigenvalue weighted by atomic mass is 15.1. The van der Waals surface area contributed by atoms with Gasteiger partial charge >= 0.3 is 0 Å². The van der Waals surface area contributed by atoms with Crippen molar-refractivity contribution in [2.24, 2.45) is 0 Å². The second-order valence-electron chi connectivity index (χ2n) is 18.7. The molecule has 0 bridgehead atoms. The molecule has 4 heterocycles. The van der Waals surface area contributed by atoms with Crippen LogP contribution in [0.4, 0.5) is 22.7 Å². The van der Waals surface area contributed by atoms with Crippen LogP contribution in [0.15, 0.2) is 243 Å². The molecule has 1 atom stereocenters. The first-order chi connectivity index (χ1) is 35.2. The first kappa shape index (κ1) is 42.2. The molecule has 1 N–H and O–H groups in total. The standard InChI is InChI=1S/C66H51N5/c1-45-42-64-57(44-63(45)69(49-25-7-3-8-26-49)50-27-9-4-10-28-50)54-32-13-15-36-60(54)71(64)52-30-18-29-51(43-52)70-61-37-16-14-33-56(61)65-62(70)39-38-55-53-31-12-11-20-46(53)23-17-24-48(40-41-67-66(55)65)59-35-19-34-58(68-59)47-21-5-2-6-22-47/h2-16,18-22,25-44,48,67H,17,23-24H2,1H3/b41-40+. The zero-order valence-electron chi connectivity index (χ0n) is 39.6. The summed E-state index contributed by atoms with van der Waals surface area (Å²) >= 11 is 0. The van der Waals surface area contributed by atoms with Gasteiger partial charge in [-0.25, -0.2) is 0 Å². The van der Waals surface area contributed by atoms with Gasteiger partial charge in [0.2, 0.25) is 0 Å². The Bertz CT molecular complexity index is 3920. The molecule has 3 aromatic heterocycles. The molecule has 9 aromatic carbocycles. The number of benzene rings is 9. The van der Waals surface area contributed by atoms with Crippen LogP contribution in [0.25, 0.3) is 77.4 Å². The van der Waals surface area contributed by atoms with Gasteiger partial charge in [0.05, 0.1) is 33.4 Å². The molecule has 0 amide bonds. The van der Waals surface area contributed by atoms with Crippen molar-refractivity contribution < 1.29 is 0 Å². The highest BCUT2D eigenvalue weighted by molar-refractivity contribution is 6.18. The lowest BCUT2D eigenvalue weighted by molar-refractivity contribution is 0.663. The van der Waals surface area contributed by atoms with Crippen LogP contribution in [0.5, 0.6) is 0 Å². The lowest BCUT2D eigenvalue weighted by Crippen LogP contribution is -2.11. The van der Waals surface area contributed by atoms with Gasteiger partial charge in [-0.15, -0.1) is 0 Å². The molecule has 1 aliphatic heterocycles. The van der Waals surface area contributed by atoms with E-state index in [9.17, 15) is 0 Å². The summed E-state index contributed by atoms with van der Waals surface area (Å²) in [6, 6.07) is 83.5. The Morgan fingerprint density at radius 3 is 1.90 bits per heavy atom. The van der Waals surface area contributed by atoms with E-state index in [-0.39, 0.29) is 5.92 Å². The monoisotopic (exact) mass is 913 g/mol. The van der Waals surface area contributed by atoms with Gasteiger partial charge in [0.15, 0.2) is 0 Å². The second kappa shape index (κ2) is 17.9. The fourth-order valence-electron chi connectivity index (χ4n) is 11.2. The number of nitrogens with zero attached hydrogens (tertiary/aromatic N) is 4. The van der Waals surface area contributed by atoms with Gasteiger partial charge in [-0.1, -0.05) is 152 Å². The van der Waals surface area contributed by atoms with Crippen LogP contribution in [0.1, 0.15) is 35.6 Å². The molecule has 12 aromatic rings. The van der Waals surface area contributed by atoms with Crippen LogP contribution in [0.3, 0.4) is 0 Å². The van der Waals surface area contributed by atoms with Crippen LogP contribution in [0, 0.1) is 6.92 Å². The second-order valence-corrected chi connectivity index (χ2v) is 18.7. The van der Waals surface area contributed by atoms with Crippen LogP contribution in [-0.4, -0.2) is 14.1 Å². The Morgan fingerprint density at radius 1 is 0.507 bits per heavy atom. The molecule has 5 nitrogen and oxygen atoms in total. The third-order valence-electron chi connectivity index (χ3n) is 14.5. The van der Waals surface area contributed by atoms with Gasteiger partial charge < -0.3 is 19.4 Å². The number of hydrogen-bond acceptors (Lipinski definition) is 3. The number of aromatic nitrogens is 3. The van der Waals surface area contributed by atoms with Crippen molar-refractivity contribution in [3.63, 3.8) is 0 Å². The lowest BCUT2D eigenvalue weighted by atomic mass is 9.91. The van der Waals surface area contributed by atoms with Crippen molar-refractivity contribution in [1.82, 2.24) is 14.1 Å². The maximum Gasteiger partial charge on any atom is 0.0705 e. The van der Waals surface area contributed by atoms with E-state index in [4.69, 9.17) is 4.98 Å². The zero-order valence-corrected chi connectivity index (χ0v) is 39.6. The van der Waals surface area contributed by atoms with Crippen molar-refractivity contribution >= 4 is 66.4 Å². The summed E-state index contributed by atoms with van der Waals surface area (Å²) in [5, 5.41) is 8.76. The Hall–Kier alpha value is -8.93. The van der Waals surface area contributed by atoms with Crippen molar-refractivity contribution in [3.8, 4) is 33.8 Å². The van der Waals surface area contributed by atoms with Gasteiger partial charge in [-0.3, -0.25) is 4.98 Å². The maximum absolute atomic E-state index is 5.24. The van der Waals surface area contributed by atoms with E-state index in [2.05, 4.69) is 269 Å². The third-order valence-corrected chi connectivity index (χ3v) is 14.5. The number of rotatable bonds is 7. The molecule has 0 radical (unpaired) electrons. The number of nitrogens with one attached hydrogen (secondary N) is 1. The smallest absolute Gasteiger partial charge is 0.0705 e. The highest BCUT2D eigenvalue weighted by Crippen LogP contribution is 2.45. The molecule has 5 heteroatoms. The van der Waals surface area contributed by atoms with Crippen molar-refractivity contribution in [1.29, 1.82) is 0 Å². The van der Waals surface area contributed by atoms with Crippen LogP contribution >= 0.6 is 0 Å². The molecule has 1 aliphatic rings. The molecular weight excluding hydrogens is 863 g/mol. The summed E-state index contributed by atoms with van der Waals surface area (Å²) in [4.78, 5) is 7.62. The van der Waals surface area contributed by atoms with Gasteiger partial charge in [0, 0.05) is 72.7 Å². The van der Waals surface area contributed by atoms with E-state index in [0.29, 0.717) is 0 Å². The van der Waals surface area contributed by atoms with E-state index in [0.717, 1.165) is 81.4 Å². The zero-order chi connectivity index (χ0) is 47.3. The third kappa shape index (κ3) is 7.45. The molecule has 0 saturated heterocycles. The first-order valence-corrected chi connectivity index (χ1v) is 24.8. The fraction of sp³-hybridized carbons (Fsp3) is 0.0758. The van der Waals surface area contributed by atoms with Crippen molar-refractivity contribution in [2.75, 3.05) is 10.2 Å². The predicted molar refractivity (Wildman–Crippen MR) is 298 cm³/mol. The molecule has 13 rings (SSSR count). The van der Waals surface area contributed by atoms with Gasteiger partial charge in [0.1, 0.15) is 0 Å². The van der Waals surface area contributed by atoms with Gasteiger partial charge in [-0.2, -0.15) is 0 Å². The molecule has 1 unspecified atom stereocenters. The van der Waals surface area contributed by atoms with Crippen LogP contribution in [-0.2, 0) is 6.42 Å². The van der Waals surface area contributed by atoms with E-state index < -0.39 is 0 Å². The number of aryl methyl sites for hydroxylation is 2. The number of anilines is 4. The Labute approximate surface area is 414 Å². The Morgan fingerprint density at radius 2 is 1.14 bits per heavy atom.